The average molecular weight is 397 g/mol. The number of carbonyl (C=O) groups is 2. The highest BCUT2D eigenvalue weighted by Crippen LogP contribution is 2.24. The van der Waals surface area contributed by atoms with Crippen LogP contribution in [-0.2, 0) is 9.53 Å². The van der Waals surface area contributed by atoms with E-state index in [1.807, 2.05) is 13.8 Å². The lowest BCUT2D eigenvalue weighted by molar-refractivity contribution is -0.274. The molecule has 9 heteroatoms. The summed E-state index contributed by atoms with van der Waals surface area (Å²) < 4.78 is 50.4. The first-order valence-electron chi connectivity index (χ1n) is 8.22. The number of alkyl halides is 3. The zero-order valence-corrected chi connectivity index (χ0v) is 15.1. The van der Waals surface area contributed by atoms with Gasteiger partial charge in [0.25, 0.3) is 5.91 Å². The van der Waals surface area contributed by atoms with Crippen molar-refractivity contribution >= 4 is 17.6 Å². The van der Waals surface area contributed by atoms with Gasteiger partial charge in [0.1, 0.15) is 11.5 Å². The van der Waals surface area contributed by atoms with Crippen molar-refractivity contribution in [3.8, 4) is 11.5 Å². The van der Waals surface area contributed by atoms with E-state index < -0.39 is 30.6 Å². The van der Waals surface area contributed by atoms with Crippen molar-refractivity contribution in [2.45, 2.75) is 26.3 Å². The fourth-order valence-corrected chi connectivity index (χ4v) is 2.09. The summed E-state index contributed by atoms with van der Waals surface area (Å²) in [5, 5.41) is 2.40. The molecule has 0 aromatic heterocycles. The molecule has 28 heavy (non-hydrogen) atoms. The lowest BCUT2D eigenvalue weighted by Gasteiger charge is -2.11. The van der Waals surface area contributed by atoms with Crippen LogP contribution < -0.4 is 14.8 Å². The van der Waals surface area contributed by atoms with Crippen molar-refractivity contribution < 1.29 is 37.0 Å². The number of rotatable bonds is 7. The second kappa shape index (κ2) is 9.12. The van der Waals surface area contributed by atoms with Gasteiger partial charge in [0.2, 0.25) is 0 Å². The Balaban J connectivity index is 1.82. The second-order valence-corrected chi connectivity index (χ2v) is 5.89. The zero-order chi connectivity index (χ0) is 20.7. The minimum Gasteiger partial charge on any atom is -0.491 e. The zero-order valence-electron chi connectivity index (χ0n) is 15.1. The lowest BCUT2D eigenvalue weighted by Crippen LogP contribution is -2.21. The molecular formula is C19H18F3NO5. The maximum Gasteiger partial charge on any atom is 0.573 e. The predicted octanol–water partition coefficient (Wildman–Crippen LogP) is 4.17. The van der Waals surface area contributed by atoms with E-state index in [0.717, 1.165) is 12.1 Å². The molecule has 0 bridgehead atoms. The number of halogens is 3. The fourth-order valence-electron chi connectivity index (χ4n) is 2.09. The Hall–Kier alpha value is -3.23. The molecule has 150 valence electrons. The molecule has 0 saturated heterocycles. The molecule has 0 atom stereocenters. The first kappa shape index (κ1) is 21.1. The number of nitrogens with one attached hydrogen (secondary N) is 1. The van der Waals surface area contributed by atoms with Crippen LogP contribution in [0.25, 0.3) is 0 Å². The van der Waals surface area contributed by atoms with Crippen molar-refractivity contribution in [2.24, 2.45) is 0 Å². The lowest BCUT2D eigenvalue weighted by atomic mass is 10.2. The minimum atomic E-state index is -4.79. The highest BCUT2D eigenvalue weighted by molar-refractivity contribution is 5.95. The summed E-state index contributed by atoms with van der Waals surface area (Å²) in [5.74, 6) is -1.15. The molecule has 1 N–H and O–H groups in total. The predicted molar refractivity (Wildman–Crippen MR) is 94.2 cm³/mol. The van der Waals surface area contributed by atoms with Gasteiger partial charge in [0.15, 0.2) is 6.61 Å². The Morgan fingerprint density at radius 2 is 1.54 bits per heavy atom. The summed E-state index contributed by atoms with van der Waals surface area (Å²) in [6.45, 7) is 3.19. The van der Waals surface area contributed by atoms with Crippen LogP contribution in [-0.4, -0.2) is 30.9 Å². The number of anilines is 1. The second-order valence-electron chi connectivity index (χ2n) is 5.89. The Kier molecular flexibility index (Phi) is 6.86. The number of amides is 1. The van der Waals surface area contributed by atoms with Gasteiger partial charge in [0.05, 0.1) is 11.7 Å². The Morgan fingerprint density at radius 3 is 2.07 bits per heavy atom. The minimum absolute atomic E-state index is 0.00409. The largest absolute Gasteiger partial charge is 0.573 e. The smallest absolute Gasteiger partial charge is 0.491 e. The quantitative estimate of drug-likeness (QED) is 0.710. The Morgan fingerprint density at radius 1 is 0.964 bits per heavy atom. The van der Waals surface area contributed by atoms with Crippen molar-refractivity contribution in [3.05, 3.63) is 54.1 Å². The number of hydrogen-bond acceptors (Lipinski definition) is 5. The van der Waals surface area contributed by atoms with Gasteiger partial charge in [-0.15, -0.1) is 13.2 Å². The molecule has 0 radical (unpaired) electrons. The molecule has 6 nitrogen and oxygen atoms in total. The highest BCUT2D eigenvalue weighted by Gasteiger charge is 2.30. The first-order chi connectivity index (χ1) is 13.1. The molecule has 2 rings (SSSR count). The maximum absolute atomic E-state index is 12.1. The van der Waals surface area contributed by atoms with Crippen LogP contribution in [0, 0.1) is 0 Å². The van der Waals surface area contributed by atoms with Gasteiger partial charge >= 0.3 is 12.3 Å². The van der Waals surface area contributed by atoms with E-state index in [2.05, 4.69) is 10.1 Å². The Bertz CT molecular complexity index is 802. The van der Waals surface area contributed by atoms with Gasteiger partial charge < -0.3 is 19.5 Å². The average Bonchev–Trinajstić information content (AvgIpc) is 2.60. The van der Waals surface area contributed by atoms with E-state index in [9.17, 15) is 22.8 Å². The van der Waals surface area contributed by atoms with Crippen LogP contribution in [0.3, 0.4) is 0 Å². The first-order valence-corrected chi connectivity index (χ1v) is 8.22. The fraction of sp³-hybridized carbons (Fsp3) is 0.263. The molecule has 1 amide bonds. The standard InChI is InChI=1S/C19H18F3NO5/c1-12(2)27-15-7-3-13(4-8-15)18(25)26-11-17(24)23-14-5-9-16(10-6-14)28-19(20,21)22/h3-10,12H,11H2,1-2H3,(H,23,24). The van der Waals surface area contributed by atoms with Crippen molar-refractivity contribution in [2.75, 3.05) is 11.9 Å². The van der Waals surface area contributed by atoms with Crippen molar-refractivity contribution in [1.82, 2.24) is 0 Å². The number of ether oxygens (including phenoxy) is 3. The van der Waals surface area contributed by atoms with Gasteiger partial charge in [-0.05, 0) is 62.4 Å². The number of hydrogen-bond donors (Lipinski definition) is 1. The highest BCUT2D eigenvalue weighted by atomic mass is 19.4. The van der Waals surface area contributed by atoms with Crippen molar-refractivity contribution in [1.29, 1.82) is 0 Å². The maximum atomic E-state index is 12.1. The van der Waals surface area contributed by atoms with Gasteiger partial charge in [-0.1, -0.05) is 0 Å². The van der Waals surface area contributed by atoms with Crippen LogP contribution >= 0.6 is 0 Å². The SMILES string of the molecule is CC(C)Oc1ccc(C(=O)OCC(=O)Nc2ccc(OC(F)(F)F)cc2)cc1. The van der Waals surface area contributed by atoms with Gasteiger partial charge in [-0.3, -0.25) is 4.79 Å². The van der Waals surface area contributed by atoms with E-state index in [-0.39, 0.29) is 17.4 Å². The molecule has 0 aliphatic heterocycles. The summed E-state index contributed by atoms with van der Waals surface area (Å²) in [6, 6.07) is 10.8. The summed E-state index contributed by atoms with van der Waals surface area (Å²) in [6.07, 6.45) is -4.80. The molecule has 0 aliphatic rings. The molecule has 0 fully saturated rings. The molecule has 2 aromatic carbocycles. The van der Waals surface area contributed by atoms with Crippen LogP contribution in [0.15, 0.2) is 48.5 Å². The third-order valence-electron chi connectivity index (χ3n) is 3.17. The third-order valence-corrected chi connectivity index (χ3v) is 3.17. The molecule has 0 spiro atoms. The van der Waals surface area contributed by atoms with E-state index in [0.29, 0.717) is 5.75 Å². The van der Waals surface area contributed by atoms with Crippen LogP contribution in [0.1, 0.15) is 24.2 Å². The van der Waals surface area contributed by atoms with E-state index in [4.69, 9.17) is 9.47 Å². The normalized spacial score (nSPS) is 11.1. The summed E-state index contributed by atoms with van der Waals surface area (Å²) in [4.78, 5) is 23.8. The Labute approximate surface area is 159 Å². The van der Waals surface area contributed by atoms with E-state index in [1.54, 1.807) is 12.1 Å². The number of benzene rings is 2. The summed E-state index contributed by atoms with van der Waals surface area (Å²) in [7, 11) is 0. The van der Waals surface area contributed by atoms with Crippen LogP contribution in [0.5, 0.6) is 11.5 Å². The molecule has 0 aliphatic carbocycles. The van der Waals surface area contributed by atoms with Gasteiger partial charge in [-0.25, -0.2) is 4.79 Å². The van der Waals surface area contributed by atoms with Gasteiger partial charge in [0, 0.05) is 5.69 Å². The molecule has 0 heterocycles. The molecule has 2 aromatic rings. The van der Waals surface area contributed by atoms with Gasteiger partial charge in [-0.2, -0.15) is 0 Å². The third kappa shape index (κ3) is 7.18. The number of esters is 1. The summed E-state index contributed by atoms with van der Waals surface area (Å²) >= 11 is 0. The monoisotopic (exact) mass is 397 g/mol. The van der Waals surface area contributed by atoms with E-state index in [1.165, 1.54) is 24.3 Å². The topological polar surface area (TPSA) is 73.9 Å². The number of carbonyl (C=O) groups excluding carboxylic acids is 2. The summed E-state index contributed by atoms with van der Waals surface area (Å²) in [5.41, 5.74) is 0.475. The molecular weight excluding hydrogens is 379 g/mol. The van der Waals surface area contributed by atoms with Crippen molar-refractivity contribution in [3.63, 3.8) is 0 Å². The molecule has 0 saturated carbocycles. The van der Waals surface area contributed by atoms with Crippen LogP contribution in [0.2, 0.25) is 0 Å². The van der Waals surface area contributed by atoms with E-state index >= 15 is 0 Å². The molecule has 0 unspecified atom stereocenters. The van der Waals surface area contributed by atoms with Crippen LogP contribution in [0.4, 0.5) is 18.9 Å².